The average Bonchev–Trinajstić information content (AvgIpc) is 3.06. The lowest BCUT2D eigenvalue weighted by Crippen LogP contribution is -2.71. The summed E-state index contributed by atoms with van der Waals surface area (Å²) in [5, 5.41) is 6.12. The number of nitrogens with zero attached hydrogens (tertiary/aromatic N) is 1. The van der Waals surface area contributed by atoms with Gasteiger partial charge in [0.05, 0.1) is 12.6 Å². The van der Waals surface area contributed by atoms with Gasteiger partial charge in [0, 0.05) is 11.3 Å². The number of hydrogen-bond donors (Lipinski definition) is 1. The zero-order valence-corrected chi connectivity index (χ0v) is 28.0. The molecule has 0 aliphatic carbocycles. The topological polar surface area (TPSA) is 75.7 Å². The fraction of sp³-hybridized carbons (Fsp3) is 0.237. The first-order valence-corrected chi connectivity index (χ1v) is 18.5. The van der Waals surface area contributed by atoms with Crippen molar-refractivity contribution in [1.82, 2.24) is 10.2 Å². The van der Waals surface area contributed by atoms with Crippen LogP contribution < -0.4 is 21.2 Å². The molecular formula is C38H38N2O4PS+. The molecule has 0 saturated carbocycles. The molecule has 0 bridgehead atoms. The molecule has 46 heavy (non-hydrogen) atoms. The van der Waals surface area contributed by atoms with Crippen LogP contribution >= 0.6 is 19.0 Å². The van der Waals surface area contributed by atoms with Crippen LogP contribution in [-0.2, 0) is 25.5 Å². The molecule has 2 aliphatic rings. The summed E-state index contributed by atoms with van der Waals surface area (Å²) < 4.78 is 5.96. The highest BCUT2D eigenvalue weighted by atomic mass is 32.2. The minimum absolute atomic E-state index is 0.181. The van der Waals surface area contributed by atoms with E-state index in [1.54, 1.807) is 16.7 Å². The number of amides is 2. The highest BCUT2D eigenvalue weighted by molar-refractivity contribution is 8.00. The molecule has 4 aromatic rings. The van der Waals surface area contributed by atoms with Crippen LogP contribution in [-0.4, -0.2) is 51.6 Å². The molecule has 1 fully saturated rings. The zero-order valence-electron chi connectivity index (χ0n) is 26.3. The summed E-state index contributed by atoms with van der Waals surface area (Å²) in [6.07, 6.45) is 0.744. The molecule has 0 aromatic heterocycles. The largest absolute Gasteiger partial charge is 0.455 e. The maximum absolute atomic E-state index is 14.1. The lowest BCUT2D eigenvalue weighted by atomic mass is 10.0. The second-order valence-electron chi connectivity index (χ2n) is 12.5. The monoisotopic (exact) mass is 649 g/mol. The van der Waals surface area contributed by atoms with Crippen molar-refractivity contribution in [3.8, 4) is 0 Å². The molecule has 1 N–H and O–H groups in total. The minimum atomic E-state index is -2.36. The molecule has 0 spiro atoms. The van der Waals surface area contributed by atoms with E-state index in [-0.39, 0.29) is 18.2 Å². The van der Waals surface area contributed by atoms with Crippen LogP contribution in [0.15, 0.2) is 133 Å². The molecule has 6 nitrogen and oxygen atoms in total. The third kappa shape index (κ3) is 6.40. The van der Waals surface area contributed by atoms with Crippen LogP contribution in [0.4, 0.5) is 0 Å². The lowest BCUT2D eigenvalue weighted by molar-refractivity contribution is -0.159. The third-order valence-electron chi connectivity index (χ3n) is 8.18. The SMILES string of the molecule is CC(C)(C)OC(=O)C1=C(C[P+](c2ccccc2)(c2ccccc2)c2ccccc2)CS[C@@H]2[C@H](NC(=O)Cc3ccccc3)C(=O)N12. The number of β-lactam (4-membered cyclic amide) rings is 1. The number of esters is 1. The number of carbonyl (C=O) groups is 3. The van der Waals surface area contributed by atoms with Gasteiger partial charge in [-0.1, -0.05) is 84.9 Å². The average molecular weight is 650 g/mol. The van der Waals surface area contributed by atoms with Gasteiger partial charge in [-0.2, -0.15) is 0 Å². The smallest absolute Gasteiger partial charge is 0.355 e. The number of hydrogen-bond acceptors (Lipinski definition) is 5. The Morgan fingerprint density at radius 3 is 1.76 bits per heavy atom. The standard InChI is InChI=1S/C38H37N2O4PS/c1-38(2,3)44-37(43)34-28(26-46-36-33(35(42)40(34)36)39-32(41)24-27-16-8-4-9-17-27)25-45(29-18-10-5-11-19-29,30-20-12-6-13-21-30)31-22-14-7-15-23-31/h4-23,33,36H,24-26H2,1-3H3/p+1/t33-,36-/m1/s1. The number of rotatable bonds is 9. The summed E-state index contributed by atoms with van der Waals surface area (Å²) in [5.74, 6) is -0.495. The molecule has 1 saturated heterocycles. The Hall–Kier alpha value is -4.19. The number of ether oxygens (including phenoxy) is 1. The first-order chi connectivity index (χ1) is 22.2. The van der Waals surface area contributed by atoms with E-state index >= 15 is 0 Å². The van der Waals surface area contributed by atoms with Crippen molar-refractivity contribution in [1.29, 1.82) is 0 Å². The molecule has 0 unspecified atom stereocenters. The van der Waals surface area contributed by atoms with E-state index in [2.05, 4.69) is 78.1 Å². The van der Waals surface area contributed by atoms with Crippen LogP contribution in [0.3, 0.4) is 0 Å². The second-order valence-corrected chi connectivity index (χ2v) is 17.1. The zero-order chi connectivity index (χ0) is 32.3. The van der Waals surface area contributed by atoms with E-state index in [4.69, 9.17) is 4.74 Å². The van der Waals surface area contributed by atoms with Crippen LogP contribution in [0.2, 0.25) is 0 Å². The molecule has 2 atom stereocenters. The van der Waals surface area contributed by atoms with Crippen molar-refractivity contribution >= 4 is 52.7 Å². The molecule has 2 amide bonds. The van der Waals surface area contributed by atoms with Gasteiger partial charge in [-0.05, 0) is 62.7 Å². The van der Waals surface area contributed by atoms with Gasteiger partial charge in [0.1, 0.15) is 45.9 Å². The highest BCUT2D eigenvalue weighted by Crippen LogP contribution is 2.58. The maximum Gasteiger partial charge on any atom is 0.355 e. The van der Waals surface area contributed by atoms with Crippen molar-refractivity contribution < 1.29 is 19.1 Å². The lowest BCUT2D eigenvalue weighted by Gasteiger charge is -2.50. The predicted molar refractivity (Wildman–Crippen MR) is 188 cm³/mol. The Labute approximate surface area is 275 Å². The van der Waals surface area contributed by atoms with E-state index < -0.39 is 30.2 Å². The molecule has 2 heterocycles. The van der Waals surface area contributed by atoms with Crippen LogP contribution in [0, 0.1) is 0 Å². The number of thioether (sulfide) groups is 1. The first-order valence-electron chi connectivity index (χ1n) is 15.5. The number of nitrogens with one attached hydrogen (secondary N) is 1. The Kier molecular flexibility index (Phi) is 9.17. The molecule has 0 radical (unpaired) electrons. The van der Waals surface area contributed by atoms with Crippen molar-refractivity contribution in [3.05, 3.63) is 138 Å². The number of benzene rings is 4. The predicted octanol–water partition coefficient (Wildman–Crippen LogP) is 5.22. The minimum Gasteiger partial charge on any atom is -0.455 e. The van der Waals surface area contributed by atoms with Gasteiger partial charge in [0.15, 0.2) is 0 Å². The van der Waals surface area contributed by atoms with Gasteiger partial charge < -0.3 is 10.1 Å². The quantitative estimate of drug-likeness (QED) is 0.153. The van der Waals surface area contributed by atoms with Gasteiger partial charge in [-0.25, -0.2) is 4.79 Å². The molecule has 2 aliphatic heterocycles. The Balaban J connectivity index is 1.42. The van der Waals surface area contributed by atoms with Crippen molar-refractivity contribution in [3.63, 3.8) is 0 Å². The number of carbonyl (C=O) groups excluding carboxylic acids is 3. The summed E-state index contributed by atoms with van der Waals surface area (Å²) in [6.45, 7) is 5.50. The second kappa shape index (κ2) is 13.3. The van der Waals surface area contributed by atoms with Crippen LogP contribution in [0.1, 0.15) is 26.3 Å². The van der Waals surface area contributed by atoms with E-state index in [1.165, 1.54) is 15.9 Å². The van der Waals surface area contributed by atoms with Gasteiger partial charge >= 0.3 is 5.97 Å². The Morgan fingerprint density at radius 2 is 1.28 bits per heavy atom. The fourth-order valence-corrected chi connectivity index (χ4v) is 12.0. The summed E-state index contributed by atoms with van der Waals surface area (Å²) in [6, 6.07) is 40.2. The highest BCUT2D eigenvalue weighted by Gasteiger charge is 2.56. The van der Waals surface area contributed by atoms with E-state index in [9.17, 15) is 14.4 Å². The van der Waals surface area contributed by atoms with E-state index in [1.807, 2.05) is 69.3 Å². The van der Waals surface area contributed by atoms with Gasteiger partial charge in [-0.15, -0.1) is 11.8 Å². The molecular weight excluding hydrogens is 611 g/mol. The Bertz CT molecular complexity index is 1640. The Morgan fingerprint density at radius 1 is 0.804 bits per heavy atom. The van der Waals surface area contributed by atoms with Gasteiger partial charge in [-0.3, -0.25) is 14.5 Å². The van der Waals surface area contributed by atoms with E-state index in [0.29, 0.717) is 17.6 Å². The fourth-order valence-electron chi connectivity index (χ4n) is 6.18. The normalized spacial score (nSPS) is 18.0. The molecule has 8 heteroatoms. The van der Waals surface area contributed by atoms with Crippen molar-refractivity contribution in [2.24, 2.45) is 0 Å². The van der Waals surface area contributed by atoms with Crippen molar-refractivity contribution in [2.75, 3.05) is 11.9 Å². The maximum atomic E-state index is 14.1. The van der Waals surface area contributed by atoms with E-state index in [0.717, 1.165) is 11.1 Å². The van der Waals surface area contributed by atoms with Crippen LogP contribution in [0.25, 0.3) is 0 Å². The third-order valence-corrected chi connectivity index (χ3v) is 13.9. The summed E-state index contributed by atoms with van der Waals surface area (Å²) in [5.41, 5.74) is 1.31. The summed E-state index contributed by atoms with van der Waals surface area (Å²) in [7, 11) is -2.36. The molecule has 4 aromatic carbocycles. The van der Waals surface area contributed by atoms with Crippen molar-refractivity contribution in [2.45, 2.75) is 44.2 Å². The number of fused-ring (bicyclic) bond motifs is 1. The van der Waals surface area contributed by atoms with Crippen LogP contribution in [0.5, 0.6) is 0 Å². The molecule has 6 rings (SSSR count). The molecule has 234 valence electrons. The first kappa shape index (κ1) is 31.8. The summed E-state index contributed by atoms with van der Waals surface area (Å²) in [4.78, 5) is 42.5. The van der Waals surface area contributed by atoms with Gasteiger partial charge in [0.25, 0.3) is 5.91 Å². The van der Waals surface area contributed by atoms with Gasteiger partial charge in [0.2, 0.25) is 5.91 Å². The summed E-state index contributed by atoms with van der Waals surface area (Å²) >= 11 is 1.59.